The molecule has 4 aliphatic rings. The largest absolute Gasteiger partial charge is 0.386 e. The van der Waals surface area contributed by atoms with Crippen LogP contribution in [0.5, 0.6) is 0 Å². The summed E-state index contributed by atoms with van der Waals surface area (Å²) >= 11 is 0. The van der Waals surface area contributed by atoms with Crippen molar-refractivity contribution >= 4 is 51.0 Å². The maximum absolute atomic E-state index is 13.6. The Kier molecular flexibility index (Phi) is 13.5. The number of sulfone groups is 2. The molecule has 0 saturated carbocycles. The van der Waals surface area contributed by atoms with E-state index in [0.29, 0.717) is 23.7 Å². The maximum Gasteiger partial charge on any atom is 0.273 e. The van der Waals surface area contributed by atoms with Crippen LogP contribution in [0.3, 0.4) is 0 Å². The van der Waals surface area contributed by atoms with Gasteiger partial charge < -0.3 is 25.6 Å². The number of aromatic amines is 1. The molecule has 70 heavy (non-hydrogen) atoms. The Hall–Kier alpha value is -5.24. The molecule has 2 heterocycles. The molecule has 0 unspecified atom stereocenters. The van der Waals surface area contributed by atoms with Crippen LogP contribution in [0.1, 0.15) is 109 Å². The lowest BCUT2D eigenvalue weighted by Gasteiger charge is -2.18. The SMILES string of the molecule is CC(C)(O)c1ccc(S(=O)(=O)c2nc(Nc3c4c(cc5c3CCC5)CCC4)n(COCC[Si](C)(C)C)n2)cc1.CC(C)(O)c1ccc(S(=O)(=O)c2nc(Nc3c4c(cc5c3CCC5)CCC4)n[nH]2)cc1. The predicted octanol–water partition coefficient (Wildman–Crippen LogP) is 8.96. The summed E-state index contributed by atoms with van der Waals surface area (Å²) < 4.78 is 60.7. The molecule has 0 saturated heterocycles. The van der Waals surface area contributed by atoms with Crippen molar-refractivity contribution in [3.8, 4) is 0 Å². The van der Waals surface area contributed by atoms with Crippen molar-refractivity contribution in [2.24, 2.45) is 0 Å². The van der Waals surface area contributed by atoms with Crippen molar-refractivity contribution in [2.75, 3.05) is 17.2 Å². The van der Waals surface area contributed by atoms with Crippen LogP contribution in [-0.2, 0) is 93.7 Å². The molecule has 0 bridgehead atoms. The molecule has 0 aliphatic heterocycles. The minimum absolute atomic E-state index is 0.0837. The van der Waals surface area contributed by atoms with E-state index in [9.17, 15) is 27.0 Å². The van der Waals surface area contributed by atoms with Crippen LogP contribution in [0.4, 0.5) is 23.3 Å². The number of aromatic nitrogens is 6. The van der Waals surface area contributed by atoms with E-state index in [1.54, 1.807) is 52.0 Å². The van der Waals surface area contributed by atoms with Gasteiger partial charge in [-0.15, -0.1) is 10.2 Å². The van der Waals surface area contributed by atoms with Crippen molar-refractivity contribution in [3.63, 3.8) is 0 Å². The fraction of sp³-hybridized carbons (Fsp3) is 0.462. The Morgan fingerprint density at radius 2 is 1.09 bits per heavy atom. The van der Waals surface area contributed by atoms with Crippen LogP contribution < -0.4 is 10.6 Å². The van der Waals surface area contributed by atoms with Crippen LogP contribution in [0.15, 0.2) is 80.8 Å². The Labute approximate surface area is 412 Å². The Balaban J connectivity index is 0.000000178. The molecule has 2 aromatic heterocycles. The zero-order valence-corrected chi connectivity index (χ0v) is 44.0. The number of hydrogen-bond donors (Lipinski definition) is 5. The molecule has 0 fully saturated rings. The first-order valence-corrected chi connectivity index (χ1v) is 31.2. The molecule has 5 N–H and O–H groups in total. The van der Waals surface area contributed by atoms with E-state index in [0.717, 1.165) is 94.5 Å². The Morgan fingerprint density at radius 1 is 0.643 bits per heavy atom. The van der Waals surface area contributed by atoms with Crippen LogP contribution in [-0.4, -0.2) is 71.7 Å². The molecule has 0 amide bonds. The number of hydrogen-bond acceptors (Lipinski definition) is 13. The smallest absolute Gasteiger partial charge is 0.273 e. The molecule has 372 valence electrons. The van der Waals surface area contributed by atoms with Crippen LogP contribution in [0, 0.1) is 0 Å². The van der Waals surface area contributed by atoms with Gasteiger partial charge in [-0.3, -0.25) is 0 Å². The number of aliphatic hydroxyl groups is 2. The van der Waals surface area contributed by atoms with E-state index < -0.39 is 39.0 Å². The Bertz CT molecular complexity index is 3080. The van der Waals surface area contributed by atoms with E-state index >= 15 is 0 Å². The van der Waals surface area contributed by atoms with E-state index in [2.05, 4.69) is 67.7 Å². The van der Waals surface area contributed by atoms with E-state index in [-0.39, 0.29) is 32.8 Å². The summed E-state index contributed by atoms with van der Waals surface area (Å²) in [6.45, 7) is 14.2. The van der Waals surface area contributed by atoms with Gasteiger partial charge in [-0.2, -0.15) is 9.97 Å². The second kappa shape index (κ2) is 19.1. The third-order valence-electron chi connectivity index (χ3n) is 14.0. The summed E-state index contributed by atoms with van der Waals surface area (Å²) in [4.78, 5) is 8.98. The molecule has 15 nitrogen and oxygen atoms in total. The van der Waals surface area contributed by atoms with Gasteiger partial charge in [0.15, 0.2) is 0 Å². The Morgan fingerprint density at radius 3 is 1.53 bits per heavy atom. The zero-order valence-electron chi connectivity index (χ0n) is 41.4. The number of nitrogens with zero attached hydrogens (tertiary/aromatic N) is 5. The molecular weight excluding hydrogens is 941 g/mol. The predicted molar refractivity (Wildman–Crippen MR) is 272 cm³/mol. The average Bonchev–Trinajstić information content (AvgIpc) is 4.17. The first-order chi connectivity index (χ1) is 33.1. The monoisotopic (exact) mass is 1010 g/mol. The van der Waals surface area contributed by atoms with Gasteiger partial charge in [-0.1, -0.05) is 56.0 Å². The lowest BCUT2D eigenvalue weighted by Crippen LogP contribution is -2.22. The number of aryl methyl sites for hydroxylation is 4. The normalized spacial score (nSPS) is 15.6. The fourth-order valence-electron chi connectivity index (χ4n) is 10.0. The lowest BCUT2D eigenvalue weighted by atomic mass is 9.99. The van der Waals surface area contributed by atoms with Gasteiger partial charge in [0.05, 0.1) is 21.0 Å². The summed E-state index contributed by atoms with van der Waals surface area (Å²) in [5.74, 6) is 0.644. The zero-order chi connectivity index (χ0) is 49.8. The molecule has 0 atom stereocenters. The van der Waals surface area contributed by atoms with Crippen molar-refractivity contribution < 1.29 is 31.8 Å². The van der Waals surface area contributed by atoms with Crippen LogP contribution >= 0.6 is 0 Å². The van der Waals surface area contributed by atoms with Gasteiger partial charge in [-0.25, -0.2) is 26.6 Å². The highest BCUT2D eigenvalue weighted by molar-refractivity contribution is 7.91. The average molecular weight is 1010 g/mol. The van der Waals surface area contributed by atoms with E-state index in [1.165, 1.54) is 73.5 Å². The summed E-state index contributed by atoms with van der Waals surface area (Å²) in [7, 11) is -9.11. The minimum atomic E-state index is -3.99. The number of fused-ring (bicyclic) bond motifs is 4. The second-order valence-corrected chi connectivity index (χ2v) is 30.8. The van der Waals surface area contributed by atoms with Gasteiger partial charge in [0.2, 0.25) is 36.7 Å². The molecule has 6 aromatic rings. The molecule has 4 aromatic carbocycles. The first kappa shape index (κ1) is 49.7. The molecular formula is C52H66N8O7S2Si. The lowest BCUT2D eigenvalue weighted by molar-refractivity contribution is 0.0780. The van der Waals surface area contributed by atoms with Gasteiger partial charge in [-0.05, 0) is 191 Å². The summed E-state index contributed by atoms with van der Waals surface area (Å²) in [6.07, 6.45) is 12.9. The highest BCUT2D eigenvalue weighted by Crippen LogP contribution is 2.41. The van der Waals surface area contributed by atoms with Crippen molar-refractivity contribution in [3.05, 3.63) is 116 Å². The molecule has 18 heteroatoms. The number of ether oxygens (including phenoxy) is 1. The maximum atomic E-state index is 13.6. The molecule has 10 rings (SSSR count). The molecule has 0 spiro atoms. The number of H-pyrrole nitrogens is 1. The van der Waals surface area contributed by atoms with Gasteiger partial charge >= 0.3 is 0 Å². The highest BCUT2D eigenvalue weighted by atomic mass is 32.2. The van der Waals surface area contributed by atoms with Crippen molar-refractivity contribution in [1.82, 2.24) is 29.9 Å². The highest BCUT2D eigenvalue weighted by Gasteiger charge is 2.31. The standard InChI is InChI=1S/C29H40N4O4SSi.C23H26N4O3S/c1-29(2,34)22-12-14-23(15-13-22)38(35,36)28-31-27(33(32-28)19-37-16-17-39(3,4)5)30-26-24-10-6-8-20(24)18-21-9-7-11-25(21)26;1-23(2,28)16-9-11-17(12-10-16)31(29,30)22-25-21(26-27-22)24-20-18-7-3-5-14(18)13-15-6-4-8-19(15)20/h12-15,18,34H,6-11,16-17,19H2,1-5H3,(H,30,31,32);9-13,28H,3-8H2,1-2H3,(H2,24,25,26,27). The van der Waals surface area contributed by atoms with E-state index in [4.69, 9.17) is 4.74 Å². The van der Waals surface area contributed by atoms with Crippen molar-refractivity contribution in [2.45, 2.75) is 168 Å². The number of nitrogens with one attached hydrogen (secondary N) is 3. The van der Waals surface area contributed by atoms with E-state index in [1.807, 2.05) is 0 Å². The quantitative estimate of drug-likeness (QED) is 0.0481. The number of benzene rings is 4. The molecule has 4 aliphatic carbocycles. The van der Waals surface area contributed by atoms with Gasteiger partial charge in [0.25, 0.3) is 5.16 Å². The second-order valence-electron chi connectivity index (χ2n) is 21.4. The third-order valence-corrected chi connectivity index (χ3v) is 18.8. The summed E-state index contributed by atoms with van der Waals surface area (Å²) in [6, 6.07) is 18.1. The summed E-state index contributed by atoms with van der Waals surface area (Å²) in [5, 5.41) is 37.9. The third kappa shape index (κ3) is 10.4. The summed E-state index contributed by atoms with van der Waals surface area (Å²) in [5.41, 5.74) is 12.1. The first-order valence-electron chi connectivity index (χ1n) is 24.5. The molecule has 0 radical (unpaired) electrons. The van der Waals surface area contributed by atoms with Gasteiger partial charge in [0.1, 0.15) is 6.73 Å². The topological polar surface area (TPSA) is 214 Å². The van der Waals surface area contributed by atoms with Crippen LogP contribution in [0.2, 0.25) is 25.7 Å². The van der Waals surface area contributed by atoms with Crippen LogP contribution in [0.25, 0.3) is 0 Å². The fourth-order valence-corrected chi connectivity index (χ4v) is 13.0. The number of anilines is 4. The minimum Gasteiger partial charge on any atom is -0.386 e. The van der Waals surface area contributed by atoms with Crippen molar-refractivity contribution in [1.29, 1.82) is 0 Å². The number of rotatable bonds is 15. The van der Waals surface area contributed by atoms with Gasteiger partial charge in [0, 0.05) is 26.1 Å².